The first-order valence-corrected chi connectivity index (χ1v) is 7.71. The van der Waals surface area contributed by atoms with Gasteiger partial charge in [0.05, 0.1) is 12.7 Å². The number of carbonyl (C=O) groups excluding carboxylic acids is 3. The monoisotopic (exact) mass is 308 g/mol. The second kappa shape index (κ2) is 6.02. The molecule has 22 heavy (non-hydrogen) atoms. The van der Waals surface area contributed by atoms with Crippen molar-refractivity contribution in [2.45, 2.75) is 63.1 Å². The van der Waals surface area contributed by atoms with Crippen molar-refractivity contribution in [1.82, 2.24) is 0 Å². The van der Waals surface area contributed by atoms with Gasteiger partial charge in [-0.25, -0.2) is 0 Å². The van der Waals surface area contributed by atoms with Crippen LogP contribution in [-0.4, -0.2) is 48.1 Å². The van der Waals surface area contributed by atoms with Crippen molar-refractivity contribution >= 4 is 17.3 Å². The van der Waals surface area contributed by atoms with E-state index in [0.29, 0.717) is 13.0 Å². The Balaban J connectivity index is 1.71. The minimum atomic E-state index is -0.873. The van der Waals surface area contributed by atoms with Crippen molar-refractivity contribution in [3.63, 3.8) is 0 Å². The van der Waals surface area contributed by atoms with Crippen LogP contribution in [0.3, 0.4) is 0 Å². The molecule has 1 spiro atoms. The van der Waals surface area contributed by atoms with Gasteiger partial charge in [-0.2, -0.15) is 0 Å². The number of Topliss-reactive ketones (excluding diaryl/α,β-unsaturated/α-hetero) is 2. The largest absolute Gasteiger partial charge is 0.363 e. The fourth-order valence-corrected chi connectivity index (χ4v) is 3.16. The topological polar surface area (TPSA) is 78.9 Å². The van der Waals surface area contributed by atoms with Gasteiger partial charge in [-0.3, -0.25) is 14.4 Å². The number of carbonyl (C=O) groups is 3. The van der Waals surface area contributed by atoms with Gasteiger partial charge in [0, 0.05) is 19.3 Å². The molecular formula is C16H20O6. The summed E-state index contributed by atoms with van der Waals surface area (Å²) in [6, 6.07) is 0. The average molecular weight is 308 g/mol. The van der Waals surface area contributed by atoms with Crippen molar-refractivity contribution < 1.29 is 28.6 Å². The molecule has 0 saturated carbocycles. The molecule has 120 valence electrons. The summed E-state index contributed by atoms with van der Waals surface area (Å²) in [4.78, 5) is 35.2. The molecular weight excluding hydrogens is 288 g/mol. The van der Waals surface area contributed by atoms with Crippen molar-refractivity contribution in [2.75, 3.05) is 6.61 Å². The van der Waals surface area contributed by atoms with Crippen LogP contribution in [0.4, 0.5) is 0 Å². The lowest BCUT2D eigenvalue weighted by atomic mass is 9.97. The van der Waals surface area contributed by atoms with Crippen LogP contribution >= 0.6 is 0 Å². The second-order valence-electron chi connectivity index (χ2n) is 6.13. The van der Waals surface area contributed by atoms with E-state index in [9.17, 15) is 14.4 Å². The smallest absolute Gasteiger partial charge is 0.189 e. The lowest BCUT2D eigenvalue weighted by molar-refractivity contribution is -0.259. The predicted molar refractivity (Wildman–Crippen MR) is 75.1 cm³/mol. The van der Waals surface area contributed by atoms with Crippen LogP contribution in [0.25, 0.3) is 0 Å². The van der Waals surface area contributed by atoms with Gasteiger partial charge in [0.25, 0.3) is 0 Å². The van der Waals surface area contributed by atoms with Crippen LogP contribution in [0.1, 0.15) is 39.0 Å². The van der Waals surface area contributed by atoms with Gasteiger partial charge in [-0.05, 0) is 31.9 Å². The summed E-state index contributed by atoms with van der Waals surface area (Å²) in [5, 5.41) is 0. The Morgan fingerprint density at radius 3 is 2.86 bits per heavy atom. The highest BCUT2D eigenvalue weighted by molar-refractivity contribution is 5.97. The number of ether oxygens (including phenoxy) is 3. The van der Waals surface area contributed by atoms with Crippen molar-refractivity contribution in [2.24, 2.45) is 0 Å². The predicted octanol–water partition coefficient (Wildman–Crippen LogP) is 1.11. The fourth-order valence-electron chi connectivity index (χ4n) is 3.16. The maximum absolute atomic E-state index is 12.1. The molecule has 2 saturated heterocycles. The zero-order chi connectivity index (χ0) is 15.7. The molecule has 0 bridgehead atoms. The van der Waals surface area contributed by atoms with Crippen LogP contribution in [0.15, 0.2) is 12.2 Å². The Hall–Kier alpha value is -1.37. The van der Waals surface area contributed by atoms with Gasteiger partial charge in [-0.1, -0.05) is 0 Å². The summed E-state index contributed by atoms with van der Waals surface area (Å²) < 4.78 is 17.2. The minimum absolute atomic E-state index is 0.0493. The van der Waals surface area contributed by atoms with Crippen LogP contribution in [-0.2, 0) is 28.6 Å². The molecule has 0 amide bonds. The molecule has 0 aromatic heterocycles. The minimum Gasteiger partial charge on any atom is -0.363 e. The molecule has 3 heterocycles. The van der Waals surface area contributed by atoms with E-state index in [1.165, 1.54) is 13.0 Å². The standard InChI is InChI=1S/C16H20O6/c1-10(17)8-13-12(19)9-14(21-13)15-11(18)4-6-16(22-15)5-2-3-7-20-16/h4,6,13-15H,2-3,5,7-9H2,1H3/t13?,14-,15-,16?/m1/s1. The molecule has 0 aliphatic carbocycles. The SMILES string of the molecule is CC(=O)CC1O[C@@H]([C@@H]2OC3(C=CC2=O)CCCCO3)CC1=O. The zero-order valence-corrected chi connectivity index (χ0v) is 12.6. The lowest BCUT2D eigenvalue weighted by Gasteiger charge is -2.40. The van der Waals surface area contributed by atoms with Gasteiger partial charge < -0.3 is 14.2 Å². The van der Waals surface area contributed by atoms with E-state index in [2.05, 4.69) is 0 Å². The number of hydrogen-bond acceptors (Lipinski definition) is 6. The molecule has 0 aromatic carbocycles. The normalized spacial score (nSPS) is 38.7. The first-order valence-electron chi connectivity index (χ1n) is 7.71. The van der Waals surface area contributed by atoms with E-state index >= 15 is 0 Å². The first kappa shape index (κ1) is 15.5. The number of rotatable bonds is 3. The zero-order valence-electron chi connectivity index (χ0n) is 12.6. The highest BCUT2D eigenvalue weighted by Gasteiger charge is 2.47. The maximum atomic E-state index is 12.1. The molecule has 3 rings (SSSR count). The maximum Gasteiger partial charge on any atom is 0.189 e. The molecule has 6 nitrogen and oxygen atoms in total. The average Bonchev–Trinajstić information content (AvgIpc) is 2.83. The molecule has 0 radical (unpaired) electrons. The Morgan fingerprint density at radius 1 is 1.36 bits per heavy atom. The third kappa shape index (κ3) is 3.04. The summed E-state index contributed by atoms with van der Waals surface area (Å²) in [6.45, 7) is 2.00. The van der Waals surface area contributed by atoms with Crippen LogP contribution in [0, 0.1) is 0 Å². The van der Waals surface area contributed by atoms with Crippen molar-refractivity contribution in [1.29, 1.82) is 0 Å². The van der Waals surface area contributed by atoms with Crippen molar-refractivity contribution in [3.05, 3.63) is 12.2 Å². The van der Waals surface area contributed by atoms with Gasteiger partial charge in [0.2, 0.25) is 0 Å². The summed E-state index contributed by atoms with van der Waals surface area (Å²) in [7, 11) is 0. The third-order valence-corrected chi connectivity index (χ3v) is 4.29. The first-order chi connectivity index (χ1) is 10.5. The van der Waals surface area contributed by atoms with Crippen LogP contribution in [0.5, 0.6) is 0 Å². The van der Waals surface area contributed by atoms with Gasteiger partial charge in [0.1, 0.15) is 18.0 Å². The molecule has 0 aromatic rings. The Bertz CT molecular complexity index is 517. The van der Waals surface area contributed by atoms with Crippen LogP contribution < -0.4 is 0 Å². The highest BCUT2D eigenvalue weighted by atomic mass is 16.7. The Kier molecular flexibility index (Phi) is 4.25. The molecule has 2 unspecified atom stereocenters. The molecule has 0 N–H and O–H groups in total. The summed E-state index contributed by atoms with van der Waals surface area (Å²) in [5.41, 5.74) is 0. The second-order valence-corrected chi connectivity index (χ2v) is 6.13. The molecule has 2 fully saturated rings. The van der Waals surface area contributed by atoms with E-state index in [1.54, 1.807) is 6.08 Å². The Morgan fingerprint density at radius 2 is 2.18 bits per heavy atom. The van der Waals surface area contributed by atoms with Crippen LogP contribution in [0.2, 0.25) is 0 Å². The van der Waals surface area contributed by atoms with E-state index in [4.69, 9.17) is 14.2 Å². The summed E-state index contributed by atoms with van der Waals surface area (Å²) >= 11 is 0. The lowest BCUT2D eigenvalue weighted by Crippen LogP contribution is -2.50. The fraction of sp³-hybridized carbons (Fsp3) is 0.688. The molecule has 3 aliphatic heterocycles. The number of ketones is 3. The van der Waals surface area contributed by atoms with E-state index in [1.807, 2.05) is 0 Å². The van der Waals surface area contributed by atoms with Crippen molar-refractivity contribution in [3.8, 4) is 0 Å². The van der Waals surface area contributed by atoms with Gasteiger partial charge >= 0.3 is 0 Å². The molecule has 3 aliphatic rings. The van der Waals surface area contributed by atoms with Gasteiger partial charge in [0.15, 0.2) is 17.4 Å². The van der Waals surface area contributed by atoms with E-state index in [-0.39, 0.29) is 30.2 Å². The van der Waals surface area contributed by atoms with Gasteiger partial charge in [-0.15, -0.1) is 0 Å². The number of hydrogen-bond donors (Lipinski definition) is 0. The summed E-state index contributed by atoms with van der Waals surface area (Å²) in [6.07, 6.45) is 3.64. The Labute approximate surface area is 128 Å². The van der Waals surface area contributed by atoms with E-state index < -0.39 is 24.1 Å². The quantitative estimate of drug-likeness (QED) is 0.777. The molecule has 4 atom stereocenters. The summed E-state index contributed by atoms with van der Waals surface area (Å²) in [5.74, 6) is -1.35. The highest BCUT2D eigenvalue weighted by Crippen LogP contribution is 2.35. The third-order valence-electron chi connectivity index (χ3n) is 4.29. The van der Waals surface area contributed by atoms with E-state index in [0.717, 1.165) is 12.8 Å². The molecule has 6 heteroatoms.